The highest BCUT2D eigenvalue weighted by atomic mass is 16.2. The average molecular weight is 302 g/mol. The summed E-state index contributed by atoms with van der Waals surface area (Å²) in [5.74, 6) is 0. The lowest BCUT2D eigenvalue weighted by Gasteiger charge is -2.14. The van der Waals surface area contributed by atoms with E-state index in [0.717, 1.165) is 15.8 Å². The van der Waals surface area contributed by atoms with E-state index in [1.165, 1.54) is 11.6 Å². The Morgan fingerprint density at radius 3 is 2.55 bits per heavy atom. The second kappa shape index (κ2) is 6.62. The molecule has 1 aromatic carbocycles. The molecule has 0 aliphatic heterocycles. The first kappa shape index (κ1) is 16.0. The zero-order valence-electron chi connectivity index (χ0n) is 13.5. The number of hydrogen-bond acceptors (Lipinski definition) is 4. The Labute approximate surface area is 129 Å². The van der Waals surface area contributed by atoms with Crippen molar-refractivity contribution in [3.63, 3.8) is 0 Å². The third kappa shape index (κ3) is 3.46. The summed E-state index contributed by atoms with van der Waals surface area (Å²) in [4.78, 5) is 25.7. The maximum Gasteiger partial charge on any atom is 0.330 e. The SMILES string of the molecule is CN(C)c1cccc(CNCc2cn(C)c(=O)n(C)c2=O)c1. The van der Waals surface area contributed by atoms with Gasteiger partial charge in [-0.05, 0) is 17.7 Å². The van der Waals surface area contributed by atoms with Gasteiger partial charge in [0.1, 0.15) is 0 Å². The van der Waals surface area contributed by atoms with Gasteiger partial charge in [0.25, 0.3) is 5.56 Å². The van der Waals surface area contributed by atoms with E-state index in [1.807, 2.05) is 37.2 Å². The molecule has 2 aromatic rings. The third-order valence-corrected chi connectivity index (χ3v) is 3.59. The largest absolute Gasteiger partial charge is 0.378 e. The third-order valence-electron chi connectivity index (χ3n) is 3.59. The average Bonchev–Trinajstić information content (AvgIpc) is 2.50. The van der Waals surface area contributed by atoms with E-state index in [1.54, 1.807) is 13.2 Å². The highest BCUT2D eigenvalue weighted by Crippen LogP contribution is 2.13. The van der Waals surface area contributed by atoms with Crippen LogP contribution < -0.4 is 21.5 Å². The van der Waals surface area contributed by atoms with Crippen LogP contribution in [-0.2, 0) is 27.2 Å². The Kier molecular flexibility index (Phi) is 4.82. The molecule has 0 aliphatic rings. The van der Waals surface area contributed by atoms with Gasteiger partial charge in [-0.1, -0.05) is 12.1 Å². The highest BCUT2D eigenvalue weighted by molar-refractivity contribution is 5.47. The van der Waals surface area contributed by atoms with Gasteiger partial charge < -0.3 is 14.8 Å². The zero-order valence-corrected chi connectivity index (χ0v) is 13.5. The number of nitrogens with one attached hydrogen (secondary N) is 1. The Balaban J connectivity index is 2.07. The van der Waals surface area contributed by atoms with Crippen LogP contribution in [0.5, 0.6) is 0 Å². The van der Waals surface area contributed by atoms with Gasteiger partial charge >= 0.3 is 5.69 Å². The van der Waals surface area contributed by atoms with Crippen LogP contribution in [0.2, 0.25) is 0 Å². The van der Waals surface area contributed by atoms with Crippen LogP contribution in [0.1, 0.15) is 11.1 Å². The Morgan fingerprint density at radius 1 is 1.14 bits per heavy atom. The fourth-order valence-electron chi connectivity index (χ4n) is 2.29. The number of aromatic nitrogens is 2. The van der Waals surface area contributed by atoms with Crippen molar-refractivity contribution >= 4 is 5.69 Å². The maximum absolute atomic E-state index is 12.0. The van der Waals surface area contributed by atoms with Crippen LogP contribution in [0, 0.1) is 0 Å². The number of rotatable bonds is 5. The van der Waals surface area contributed by atoms with Crippen molar-refractivity contribution in [1.29, 1.82) is 0 Å². The lowest BCUT2D eigenvalue weighted by molar-refractivity contribution is 0.630. The van der Waals surface area contributed by atoms with Gasteiger partial charge in [-0.15, -0.1) is 0 Å². The van der Waals surface area contributed by atoms with Gasteiger partial charge in [0, 0.05) is 58.7 Å². The molecule has 6 nitrogen and oxygen atoms in total. The summed E-state index contributed by atoms with van der Waals surface area (Å²) in [6.45, 7) is 1.08. The minimum Gasteiger partial charge on any atom is -0.378 e. The summed E-state index contributed by atoms with van der Waals surface area (Å²) < 4.78 is 2.55. The first-order valence-electron chi connectivity index (χ1n) is 7.12. The van der Waals surface area contributed by atoms with Crippen LogP contribution in [0.25, 0.3) is 0 Å². The predicted octanol–water partition coefficient (Wildman–Crippen LogP) is 0.440. The summed E-state index contributed by atoms with van der Waals surface area (Å²) in [5.41, 5.74) is 2.30. The molecule has 0 amide bonds. The Morgan fingerprint density at radius 2 is 1.86 bits per heavy atom. The lowest BCUT2D eigenvalue weighted by Crippen LogP contribution is -2.39. The van der Waals surface area contributed by atoms with Crippen molar-refractivity contribution in [2.75, 3.05) is 19.0 Å². The van der Waals surface area contributed by atoms with E-state index in [9.17, 15) is 9.59 Å². The van der Waals surface area contributed by atoms with E-state index in [-0.39, 0.29) is 11.2 Å². The minimum atomic E-state index is -0.313. The van der Waals surface area contributed by atoms with Crippen LogP contribution in [0.3, 0.4) is 0 Å². The van der Waals surface area contributed by atoms with Gasteiger partial charge in [0.2, 0.25) is 0 Å². The number of anilines is 1. The van der Waals surface area contributed by atoms with Gasteiger partial charge in [0.15, 0.2) is 0 Å². The van der Waals surface area contributed by atoms with Crippen LogP contribution in [0.15, 0.2) is 40.1 Å². The Bertz CT molecular complexity index is 774. The first-order chi connectivity index (χ1) is 10.4. The van der Waals surface area contributed by atoms with Crippen LogP contribution >= 0.6 is 0 Å². The van der Waals surface area contributed by atoms with Crippen molar-refractivity contribution in [1.82, 2.24) is 14.5 Å². The van der Waals surface area contributed by atoms with Crippen LogP contribution in [-0.4, -0.2) is 23.2 Å². The van der Waals surface area contributed by atoms with E-state index in [2.05, 4.69) is 11.4 Å². The highest BCUT2D eigenvalue weighted by Gasteiger charge is 2.06. The summed E-state index contributed by atoms with van der Waals surface area (Å²) in [7, 11) is 7.14. The van der Waals surface area contributed by atoms with Crippen LogP contribution in [0.4, 0.5) is 5.69 Å². The second-order valence-corrected chi connectivity index (χ2v) is 5.58. The normalized spacial score (nSPS) is 10.7. The van der Waals surface area contributed by atoms with Crippen molar-refractivity contribution in [3.05, 3.63) is 62.4 Å². The van der Waals surface area contributed by atoms with Gasteiger partial charge in [0.05, 0.1) is 0 Å². The predicted molar refractivity (Wildman–Crippen MR) is 88.2 cm³/mol. The topological polar surface area (TPSA) is 59.3 Å². The van der Waals surface area contributed by atoms with Gasteiger partial charge in [-0.2, -0.15) is 0 Å². The zero-order chi connectivity index (χ0) is 16.3. The molecule has 6 heteroatoms. The number of benzene rings is 1. The lowest BCUT2D eigenvalue weighted by atomic mass is 10.2. The molecule has 0 atom stereocenters. The molecule has 1 aromatic heterocycles. The molecule has 0 unspecified atom stereocenters. The molecule has 2 rings (SSSR count). The Hall–Kier alpha value is -2.34. The van der Waals surface area contributed by atoms with Crippen molar-refractivity contribution in [2.45, 2.75) is 13.1 Å². The monoisotopic (exact) mass is 302 g/mol. The smallest absolute Gasteiger partial charge is 0.330 e. The van der Waals surface area contributed by atoms with E-state index >= 15 is 0 Å². The number of hydrogen-bond donors (Lipinski definition) is 1. The first-order valence-corrected chi connectivity index (χ1v) is 7.12. The quantitative estimate of drug-likeness (QED) is 0.871. The number of aryl methyl sites for hydroxylation is 1. The summed E-state index contributed by atoms with van der Waals surface area (Å²) in [6.07, 6.45) is 1.59. The molecule has 0 radical (unpaired) electrons. The molecule has 0 saturated carbocycles. The molecular weight excluding hydrogens is 280 g/mol. The molecule has 22 heavy (non-hydrogen) atoms. The van der Waals surface area contributed by atoms with Gasteiger partial charge in [-0.25, -0.2) is 4.79 Å². The molecule has 0 spiro atoms. The second-order valence-electron chi connectivity index (χ2n) is 5.58. The van der Waals surface area contributed by atoms with E-state index in [0.29, 0.717) is 18.7 Å². The van der Waals surface area contributed by atoms with Gasteiger partial charge in [-0.3, -0.25) is 9.36 Å². The number of nitrogens with zero attached hydrogens (tertiary/aromatic N) is 3. The molecule has 1 heterocycles. The molecule has 1 N–H and O–H groups in total. The van der Waals surface area contributed by atoms with E-state index in [4.69, 9.17) is 0 Å². The fourth-order valence-corrected chi connectivity index (χ4v) is 2.29. The summed E-state index contributed by atoms with van der Waals surface area (Å²) in [5, 5.41) is 3.25. The molecule has 0 saturated heterocycles. The van der Waals surface area contributed by atoms with E-state index < -0.39 is 0 Å². The maximum atomic E-state index is 12.0. The van der Waals surface area contributed by atoms with Crippen molar-refractivity contribution in [2.24, 2.45) is 14.1 Å². The van der Waals surface area contributed by atoms with Crippen molar-refractivity contribution in [3.8, 4) is 0 Å². The van der Waals surface area contributed by atoms with Crippen molar-refractivity contribution < 1.29 is 0 Å². The standard InChI is InChI=1S/C16H22N4O2/c1-18(2)14-7-5-6-12(8-14)9-17-10-13-11-19(3)16(22)20(4)15(13)21/h5-8,11,17H,9-10H2,1-4H3. The molecular formula is C16H22N4O2. The molecule has 0 fully saturated rings. The summed E-state index contributed by atoms with van der Waals surface area (Å²) in [6, 6.07) is 8.20. The molecule has 0 aliphatic carbocycles. The molecule has 0 bridgehead atoms. The fraction of sp³-hybridized carbons (Fsp3) is 0.375. The minimum absolute atomic E-state index is 0.252. The summed E-state index contributed by atoms with van der Waals surface area (Å²) >= 11 is 0. The molecule has 118 valence electrons.